The zero-order valence-electron chi connectivity index (χ0n) is 17.4. The highest BCUT2D eigenvalue weighted by atomic mass is 127. The second-order valence-electron chi connectivity index (χ2n) is 6.78. The van der Waals surface area contributed by atoms with Gasteiger partial charge in [-0.25, -0.2) is 4.99 Å². The number of halogens is 1. The highest BCUT2D eigenvalue weighted by Gasteiger charge is 2.10. The summed E-state index contributed by atoms with van der Waals surface area (Å²) >= 11 is 0. The minimum atomic E-state index is -0.0990. The Bertz CT molecular complexity index is 970. The quantitative estimate of drug-likeness (QED) is 0.240. The Morgan fingerprint density at radius 1 is 1.00 bits per heavy atom. The van der Waals surface area contributed by atoms with Crippen LogP contribution >= 0.6 is 24.0 Å². The van der Waals surface area contributed by atoms with Crippen molar-refractivity contribution in [1.82, 2.24) is 16.0 Å². The molecule has 1 amide bonds. The van der Waals surface area contributed by atoms with Crippen LogP contribution in [-0.4, -0.2) is 31.5 Å². The van der Waals surface area contributed by atoms with E-state index in [0.29, 0.717) is 25.6 Å². The zero-order valence-corrected chi connectivity index (χ0v) is 19.7. The van der Waals surface area contributed by atoms with Crippen LogP contribution in [0.5, 0.6) is 0 Å². The van der Waals surface area contributed by atoms with Crippen molar-refractivity contribution < 1.29 is 9.21 Å². The van der Waals surface area contributed by atoms with E-state index < -0.39 is 0 Å². The Labute approximate surface area is 194 Å². The van der Waals surface area contributed by atoms with Gasteiger partial charge in [0.25, 0.3) is 0 Å². The number of carbonyl (C=O) groups excluding carboxylic acids is 1. The van der Waals surface area contributed by atoms with Gasteiger partial charge in [-0.2, -0.15) is 0 Å². The molecule has 30 heavy (non-hydrogen) atoms. The minimum absolute atomic E-state index is 0. The van der Waals surface area contributed by atoms with Gasteiger partial charge in [0.2, 0.25) is 5.91 Å². The number of benzene rings is 2. The minimum Gasteiger partial charge on any atom is -0.459 e. The molecule has 1 aromatic heterocycles. The van der Waals surface area contributed by atoms with E-state index in [0.717, 1.165) is 28.7 Å². The van der Waals surface area contributed by atoms with Crippen molar-refractivity contribution in [3.8, 4) is 0 Å². The molecule has 6 nitrogen and oxygen atoms in total. The summed E-state index contributed by atoms with van der Waals surface area (Å²) in [5.74, 6) is 1.35. The van der Waals surface area contributed by atoms with Gasteiger partial charge >= 0.3 is 0 Å². The van der Waals surface area contributed by atoms with E-state index in [9.17, 15) is 4.79 Å². The molecule has 0 aliphatic carbocycles. The molecule has 0 radical (unpaired) electrons. The number of nitrogens with zero attached hydrogens (tertiary/aromatic N) is 1. The number of aliphatic imine (C=N–C) groups is 1. The second kappa shape index (κ2) is 12.2. The van der Waals surface area contributed by atoms with Gasteiger partial charge < -0.3 is 20.4 Å². The van der Waals surface area contributed by atoms with Crippen LogP contribution in [0.3, 0.4) is 0 Å². The molecule has 3 aromatic rings. The summed E-state index contributed by atoms with van der Waals surface area (Å²) in [4.78, 5) is 16.5. The molecule has 0 fully saturated rings. The largest absolute Gasteiger partial charge is 0.459 e. The van der Waals surface area contributed by atoms with Crippen LogP contribution < -0.4 is 16.0 Å². The number of hydrogen-bond acceptors (Lipinski definition) is 3. The highest BCUT2D eigenvalue weighted by Crippen LogP contribution is 2.24. The number of fused-ring (bicyclic) bond motifs is 1. The summed E-state index contributed by atoms with van der Waals surface area (Å²) in [5.41, 5.74) is 3.19. The smallest absolute Gasteiger partial charge is 0.241 e. The number of rotatable bonds is 8. The average molecular weight is 520 g/mol. The molecule has 3 rings (SSSR count). The molecule has 3 N–H and O–H groups in total. The van der Waals surface area contributed by atoms with Gasteiger partial charge in [0.1, 0.15) is 17.9 Å². The molecule has 2 aromatic carbocycles. The Hall–Kier alpha value is -2.55. The summed E-state index contributed by atoms with van der Waals surface area (Å²) in [5, 5.41) is 10.4. The van der Waals surface area contributed by atoms with E-state index >= 15 is 0 Å². The van der Waals surface area contributed by atoms with Crippen LogP contribution in [0.25, 0.3) is 11.0 Å². The Morgan fingerprint density at radius 2 is 1.73 bits per heavy atom. The van der Waals surface area contributed by atoms with E-state index in [2.05, 4.69) is 39.1 Å². The third-order valence-corrected chi connectivity index (χ3v) is 4.66. The van der Waals surface area contributed by atoms with Crippen molar-refractivity contribution in [3.05, 3.63) is 71.5 Å². The fourth-order valence-corrected chi connectivity index (χ4v) is 3.10. The van der Waals surface area contributed by atoms with Crippen molar-refractivity contribution in [2.45, 2.75) is 26.8 Å². The number of aryl methyl sites for hydroxylation is 1. The number of carbonyl (C=O) groups is 1. The van der Waals surface area contributed by atoms with E-state index in [4.69, 9.17) is 4.42 Å². The number of hydrogen-bond donors (Lipinski definition) is 3. The van der Waals surface area contributed by atoms with Crippen molar-refractivity contribution in [1.29, 1.82) is 0 Å². The summed E-state index contributed by atoms with van der Waals surface area (Å²) in [6.45, 7) is 5.92. The van der Waals surface area contributed by atoms with Gasteiger partial charge in [0, 0.05) is 24.0 Å². The fourth-order valence-electron chi connectivity index (χ4n) is 3.10. The normalized spacial score (nSPS) is 11.1. The first-order valence-corrected chi connectivity index (χ1v) is 9.97. The van der Waals surface area contributed by atoms with Gasteiger partial charge in [0.15, 0.2) is 5.96 Å². The van der Waals surface area contributed by atoms with Crippen LogP contribution in [0.15, 0.2) is 64.0 Å². The van der Waals surface area contributed by atoms with Crippen LogP contribution in [0.4, 0.5) is 0 Å². The first-order chi connectivity index (χ1) is 14.2. The molecule has 0 bridgehead atoms. The molecule has 0 atom stereocenters. The molecule has 160 valence electrons. The lowest BCUT2D eigenvalue weighted by molar-refractivity contribution is -0.119. The first-order valence-electron chi connectivity index (χ1n) is 9.97. The van der Waals surface area contributed by atoms with Crippen LogP contribution in [0.2, 0.25) is 0 Å². The second-order valence-corrected chi connectivity index (χ2v) is 6.78. The topological polar surface area (TPSA) is 78.7 Å². The van der Waals surface area contributed by atoms with Gasteiger partial charge in [-0.05, 0) is 31.9 Å². The van der Waals surface area contributed by atoms with E-state index in [1.807, 2.05) is 50.2 Å². The number of amides is 1. The number of guanidine groups is 1. The molecule has 1 heterocycles. The molecule has 0 saturated heterocycles. The summed E-state index contributed by atoms with van der Waals surface area (Å²) < 4.78 is 5.92. The standard InChI is InChI=1S/C23H28N4O2.HI/c1-3-24-23(26-15-21-17(2)19-11-7-8-12-20(19)29-21)27-16-22(28)25-14-13-18-9-5-4-6-10-18;/h4-12H,3,13-16H2,1-2H3,(H,25,28)(H2,24,26,27);1H. The zero-order chi connectivity index (χ0) is 20.5. The van der Waals surface area contributed by atoms with E-state index in [-0.39, 0.29) is 36.4 Å². The summed E-state index contributed by atoms with van der Waals surface area (Å²) in [6, 6.07) is 18.1. The number of furan rings is 1. The van der Waals surface area contributed by atoms with Gasteiger partial charge in [-0.1, -0.05) is 48.5 Å². The maximum Gasteiger partial charge on any atom is 0.241 e. The van der Waals surface area contributed by atoms with Gasteiger partial charge in [-0.3, -0.25) is 4.79 Å². The molecule has 7 heteroatoms. The van der Waals surface area contributed by atoms with Crippen molar-refractivity contribution in [2.24, 2.45) is 4.99 Å². The fraction of sp³-hybridized carbons (Fsp3) is 0.304. The number of nitrogens with one attached hydrogen (secondary N) is 3. The first kappa shape index (κ1) is 23.7. The monoisotopic (exact) mass is 520 g/mol. The van der Waals surface area contributed by atoms with Crippen LogP contribution in [0.1, 0.15) is 23.8 Å². The highest BCUT2D eigenvalue weighted by molar-refractivity contribution is 14.0. The molecule has 0 unspecified atom stereocenters. The average Bonchev–Trinajstić information content (AvgIpc) is 3.07. The lowest BCUT2D eigenvalue weighted by Crippen LogP contribution is -2.38. The van der Waals surface area contributed by atoms with Gasteiger partial charge in [-0.15, -0.1) is 24.0 Å². The van der Waals surface area contributed by atoms with Crippen molar-refractivity contribution in [2.75, 3.05) is 19.6 Å². The van der Waals surface area contributed by atoms with Crippen molar-refractivity contribution in [3.63, 3.8) is 0 Å². The maximum atomic E-state index is 12.1. The summed E-state index contributed by atoms with van der Waals surface area (Å²) in [7, 11) is 0. The molecule has 0 aliphatic heterocycles. The Morgan fingerprint density at radius 3 is 2.47 bits per heavy atom. The predicted molar refractivity (Wildman–Crippen MR) is 132 cm³/mol. The van der Waals surface area contributed by atoms with Crippen LogP contribution in [0, 0.1) is 6.92 Å². The maximum absolute atomic E-state index is 12.1. The SMILES string of the molecule is CCNC(=NCC(=O)NCCc1ccccc1)NCc1oc2ccccc2c1C.I. The predicted octanol–water partition coefficient (Wildman–Crippen LogP) is 3.77. The molecular formula is C23H29IN4O2. The number of para-hydroxylation sites is 1. The van der Waals surface area contributed by atoms with E-state index in [1.54, 1.807) is 0 Å². The lowest BCUT2D eigenvalue weighted by Gasteiger charge is -2.10. The lowest BCUT2D eigenvalue weighted by atomic mass is 10.1. The van der Waals surface area contributed by atoms with Gasteiger partial charge in [0.05, 0.1) is 6.54 Å². The van der Waals surface area contributed by atoms with Crippen molar-refractivity contribution >= 4 is 46.8 Å². The third-order valence-electron chi connectivity index (χ3n) is 4.66. The van der Waals surface area contributed by atoms with E-state index in [1.165, 1.54) is 5.56 Å². The molecule has 0 saturated carbocycles. The molecule has 0 aliphatic rings. The molecular weight excluding hydrogens is 491 g/mol. The van der Waals surface area contributed by atoms with Crippen LogP contribution in [-0.2, 0) is 17.8 Å². The summed E-state index contributed by atoms with van der Waals surface area (Å²) in [6.07, 6.45) is 0.805. The molecule has 0 spiro atoms. The Kier molecular flexibility index (Phi) is 9.66. The third kappa shape index (κ3) is 6.76. The Balaban J connectivity index is 0.00000320.